The Morgan fingerprint density at radius 1 is 1.12 bits per heavy atom. The summed E-state index contributed by atoms with van der Waals surface area (Å²) < 4.78 is 51.7. The van der Waals surface area contributed by atoms with Crippen molar-refractivity contribution in [3.8, 4) is 0 Å². The number of rotatable bonds is 5. The Balaban J connectivity index is 1.92. The minimum Gasteiger partial charge on any atom is -0.386 e. The maximum atomic E-state index is 13.3. The first kappa shape index (κ1) is 17.5. The zero-order valence-corrected chi connectivity index (χ0v) is 12.2. The second-order valence-corrected chi connectivity index (χ2v) is 4.62. The van der Waals surface area contributed by atoms with Crippen molar-refractivity contribution in [2.24, 2.45) is 5.16 Å². The third kappa shape index (κ3) is 4.80. The van der Waals surface area contributed by atoms with Gasteiger partial charge in [-0.3, -0.25) is 4.79 Å². The number of hydrogen-bond acceptors (Lipinski definition) is 3. The molecular weight excluding hydrogens is 328 g/mol. The van der Waals surface area contributed by atoms with Gasteiger partial charge in [-0.25, -0.2) is 4.39 Å². The number of oxime groups is 1. The van der Waals surface area contributed by atoms with Gasteiger partial charge in [-0.2, -0.15) is 13.2 Å². The highest BCUT2D eigenvalue weighted by Gasteiger charge is 2.33. The molecule has 0 aromatic heterocycles. The van der Waals surface area contributed by atoms with Crippen molar-refractivity contribution < 1.29 is 27.2 Å². The number of carbonyl (C=O) groups excluding carboxylic acids is 1. The molecule has 0 atom stereocenters. The summed E-state index contributed by atoms with van der Waals surface area (Å²) in [5.74, 6) is -1.34. The number of benzene rings is 2. The summed E-state index contributed by atoms with van der Waals surface area (Å²) in [6, 6.07) is 10.3. The lowest BCUT2D eigenvalue weighted by atomic mass is 10.1. The molecule has 24 heavy (non-hydrogen) atoms. The van der Waals surface area contributed by atoms with E-state index in [-0.39, 0.29) is 11.3 Å². The fourth-order valence-corrected chi connectivity index (χ4v) is 1.80. The van der Waals surface area contributed by atoms with Crippen molar-refractivity contribution in [3.05, 3.63) is 65.5 Å². The van der Waals surface area contributed by atoms with E-state index in [0.29, 0.717) is 0 Å². The van der Waals surface area contributed by atoms with Gasteiger partial charge in [0.05, 0.1) is 17.5 Å². The summed E-state index contributed by atoms with van der Waals surface area (Å²) in [4.78, 5) is 16.3. The molecule has 0 aliphatic heterocycles. The van der Waals surface area contributed by atoms with Crippen LogP contribution in [0.4, 0.5) is 23.2 Å². The van der Waals surface area contributed by atoms with E-state index in [0.717, 1.165) is 18.3 Å². The molecule has 0 heterocycles. The number of amides is 1. The third-order valence-electron chi connectivity index (χ3n) is 2.87. The highest BCUT2D eigenvalue weighted by atomic mass is 19.4. The predicted octanol–water partition coefficient (Wildman–Crippen LogP) is 3.83. The van der Waals surface area contributed by atoms with Crippen LogP contribution in [0.25, 0.3) is 0 Å². The van der Waals surface area contributed by atoms with Crippen molar-refractivity contribution in [2.45, 2.75) is 6.18 Å². The van der Waals surface area contributed by atoms with Crippen LogP contribution in [0, 0.1) is 5.82 Å². The van der Waals surface area contributed by atoms with Crippen LogP contribution in [0.5, 0.6) is 0 Å². The Bertz CT molecular complexity index is 745. The second kappa shape index (κ2) is 7.58. The molecular formula is C16H12F4N2O2. The molecule has 0 saturated carbocycles. The molecule has 4 nitrogen and oxygen atoms in total. The molecule has 1 amide bonds. The maximum absolute atomic E-state index is 13.3. The van der Waals surface area contributed by atoms with Crippen LogP contribution in [0.2, 0.25) is 0 Å². The van der Waals surface area contributed by atoms with Crippen LogP contribution in [0.15, 0.2) is 53.7 Å². The Kier molecular flexibility index (Phi) is 5.51. The number of hydrogen-bond donors (Lipinski definition) is 1. The van der Waals surface area contributed by atoms with Gasteiger partial charge in [-0.05, 0) is 18.2 Å². The smallest absolute Gasteiger partial charge is 0.386 e. The maximum Gasteiger partial charge on any atom is 0.418 e. The average molecular weight is 340 g/mol. The number of anilines is 1. The zero-order valence-electron chi connectivity index (χ0n) is 12.2. The quantitative estimate of drug-likeness (QED) is 0.511. The van der Waals surface area contributed by atoms with E-state index >= 15 is 0 Å². The highest BCUT2D eigenvalue weighted by Crippen LogP contribution is 2.34. The van der Waals surface area contributed by atoms with Gasteiger partial charge in [0, 0.05) is 5.56 Å². The number of alkyl halides is 3. The minimum atomic E-state index is -4.59. The SMILES string of the molecule is O=C(CO/N=C\c1ccccc1F)Nc1ccccc1C(F)(F)F. The van der Waals surface area contributed by atoms with E-state index in [1.165, 1.54) is 30.3 Å². The number of para-hydroxylation sites is 1. The van der Waals surface area contributed by atoms with Crippen LogP contribution in [0.3, 0.4) is 0 Å². The molecule has 126 valence electrons. The van der Waals surface area contributed by atoms with Crippen LogP contribution in [0.1, 0.15) is 11.1 Å². The topological polar surface area (TPSA) is 50.7 Å². The fourth-order valence-electron chi connectivity index (χ4n) is 1.80. The fraction of sp³-hybridized carbons (Fsp3) is 0.125. The van der Waals surface area contributed by atoms with Gasteiger partial charge in [0.25, 0.3) is 5.91 Å². The van der Waals surface area contributed by atoms with Gasteiger partial charge in [0.2, 0.25) is 0 Å². The van der Waals surface area contributed by atoms with E-state index in [1.807, 2.05) is 0 Å². The molecule has 2 rings (SSSR count). The normalized spacial score (nSPS) is 11.5. The summed E-state index contributed by atoms with van der Waals surface area (Å²) >= 11 is 0. The van der Waals surface area contributed by atoms with Gasteiger partial charge in [0.15, 0.2) is 6.61 Å². The summed E-state index contributed by atoms with van der Waals surface area (Å²) in [6.45, 7) is -0.614. The van der Waals surface area contributed by atoms with E-state index < -0.39 is 30.1 Å². The monoisotopic (exact) mass is 340 g/mol. The number of carbonyl (C=O) groups is 1. The molecule has 0 unspecified atom stereocenters. The lowest BCUT2D eigenvalue weighted by molar-refractivity contribution is -0.137. The van der Waals surface area contributed by atoms with Gasteiger partial charge >= 0.3 is 6.18 Å². The first-order chi connectivity index (χ1) is 11.4. The molecule has 2 aromatic rings. The zero-order chi connectivity index (χ0) is 17.6. The third-order valence-corrected chi connectivity index (χ3v) is 2.87. The van der Waals surface area contributed by atoms with Crippen molar-refractivity contribution in [3.63, 3.8) is 0 Å². The first-order valence-electron chi connectivity index (χ1n) is 6.74. The summed E-state index contributed by atoms with van der Waals surface area (Å²) in [5.41, 5.74) is -1.19. The van der Waals surface area contributed by atoms with E-state index in [9.17, 15) is 22.4 Å². The van der Waals surface area contributed by atoms with Crippen molar-refractivity contribution in [1.82, 2.24) is 0 Å². The van der Waals surface area contributed by atoms with E-state index in [1.54, 1.807) is 6.07 Å². The molecule has 0 radical (unpaired) electrons. The molecule has 0 aliphatic carbocycles. The van der Waals surface area contributed by atoms with Crippen molar-refractivity contribution in [1.29, 1.82) is 0 Å². The minimum absolute atomic E-state index is 0.153. The van der Waals surface area contributed by atoms with Crippen LogP contribution < -0.4 is 5.32 Å². The molecule has 0 spiro atoms. The van der Waals surface area contributed by atoms with Crippen LogP contribution >= 0.6 is 0 Å². The summed E-state index contributed by atoms with van der Waals surface area (Å²) in [5, 5.41) is 5.50. The Morgan fingerprint density at radius 3 is 2.50 bits per heavy atom. The summed E-state index contributed by atoms with van der Waals surface area (Å²) in [7, 11) is 0. The lowest BCUT2D eigenvalue weighted by Gasteiger charge is -2.12. The van der Waals surface area contributed by atoms with Crippen LogP contribution in [-0.2, 0) is 15.8 Å². The van der Waals surface area contributed by atoms with Gasteiger partial charge in [-0.15, -0.1) is 0 Å². The molecule has 1 N–H and O–H groups in total. The number of halogens is 4. The first-order valence-corrected chi connectivity index (χ1v) is 6.74. The molecule has 8 heteroatoms. The van der Waals surface area contributed by atoms with E-state index in [2.05, 4.69) is 15.3 Å². The van der Waals surface area contributed by atoms with E-state index in [4.69, 9.17) is 0 Å². The molecule has 0 fully saturated rings. The lowest BCUT2D eigenvalue weighted by Crippen LogP contribution is -2.20. The molecule has 0 saturated heterocycles. The largest absolute Gasteiger partial charge is 0.418 e. The van der Waals surface area contributed by atoms with Gasteiger partial charge < -0.3 is 10.2 Å². The number of nitrogens with zero attached hydrogens (tertiary/aromatic N) is 1. The van der Waals surface area contributed by atoms with Gasteiger partial charge in [-0.1, -0.05) is 35.5 Å². The summed E-state index contributed by atoms with van der Waals surface area (Å²) in [6.07, 6.45) is -3.53. The Hall–Kier alpha value is -2.90. The van der Waals surface area contributed by atoms with Crippen molar-refractivity contribution >= 4 is 17.8 Å². The number of nitrogens with one attached hydrogen (secondary N) is 1. The van der Waals surface area contributed by atoms with Crippen molar-refractivity contribution in [2.75, 3.05) is 11.9 Å². The Labute approximate surface area is 134 Å². The predicted molar refractivity (Wildman–Crippen MR) is 80.0 cm³/mol. The standard InChI is InChI=1S/C16H12F4N2O2/c17-13-7-3-1-5-11(13)9-21-24-10-15(23)22-14-8-4-2-6-12(14)16(18,19)20/h1-9H,10H2,(H,22,23)/b21-9-. The highest BCUT2D eigenvalue weighted by molar-refractivity contribution is 5.92. The molecule has 0 bridgehead atoms. The average Bonchev–Trinajstić information content (AvgIpc) is 2.52. The van der Waals surface area contributed by atoms with Gasteiger partial charge in [0.1, 0.15) is 5.82 Å². The molecule has 2 aromatic carbocycles. The van der Waals surface area contributed by atoms with Crippen LogP contribution in [-0.4, -0.2) is 18.7 Å². The molecule has 0 aliphatic rings. The second-order valence-electron chi connectivity index (χ2n) is 4.62. The Morgan fingerprint density at radius 2 is 1.79 bits per heavy atom.